The summed E-state index contributed by atoms with van der Waals surface area (Å²) >= 11 is 0. The predicted molar refractivity (Wildman–Crippen MR) is 73.2 cm³/mol. The maximum Gasteiger partial charge on any atom is 0.333 e. The molecule has 2 heteroatoms. The Hall–Kier alpha value is -0.790. The van der Waals surface area contributed by atoms with Crippen LogP contribution in [0.15, 0.2) is 11.1 Å². The van der Waals surface area contributed by atoms with Crippen molar-refractivity contribution in [3.63, 3.8) is 0 Å². The Kier molecular flexibility index (Phi) is 3.33. The smallest absolute Gasteiger partial charge is 0.333 e. The van der Waals surface area contributed by atoms with E-state index in [1.54, 1.807) is 0 Å². The number of carbonyl (C=O) groups is 1. The van der Waals surface area contributed by atoms with E-state index < -0.39 is 0 Å². The average molecular weight is 250 g/mol. The van der Waals surface area contributed by atoms with Gasteiger partial charge in [-0.2, -0.15) is 0 Å². The van der Waals surface area contributed by atoms with Crippen LogP contribution in [0.4, 0.5) is 0 Å². The monoisotopic (exact) mass is 250 g/mol. The number of hydrogen-bond donors (Lipinski definition) is 0. The van der Waals surface area contributed by atoms with Gasteiger partial charge < -0.3 is 4.74 Å². The normalized spacial score (nSPS) is 35.1. The zero-order chi connectivity index (χ0) is 13.6. The highest BCUT2D eigenvalue weighted by Crippen LogP contribution is 2.56. The van der Waals surface area contributed by atoms with E-state index in [-0.39, 0.29) is 5.97 Å². The number of carbonyl (C=O) groups excluding carboxylic acids is 1. The Morgan fingerprint density at radius 1 is 1.22 bits per heavy atom. The lowest BCUT2D eigenvalue weighted by molar-refractivity contribution is -0.138. The van der Waals surface area contributed by atoms with Crippen LogP contribution < -0.4 is 0 Å². The first-order valence-corrected chi connectivity index (χ1v) is 7.07. The van der Waals surface area contributed by atoms with Gasteiger partial charge in [-0.3, -0.25) is 0 Å². The van der Waals surface area contributed by atoms with Gasteiger partial charge in [0.1, 0.15) is 0 Å². The van der Waals surface area contributed by atoms with Crippen LogP contribution in [0.3, 0.4) is 0 Å². The standard InChI is InChI=1S/C16H26O2/c1-11-6-7-16(4)9-8-15(2,3)10-12(16)13(11)14(17)18-5/h12H,6-10H2,1-5H3/t12-,16-/m0/s1. The fraction of sp³-hybridized carbons (Fsp3) is 0.812. The van der Waals surface area contributed by atoms with Crippen molar-refractivity contribution >= 4 is 5.97 Å². The Bertz CT molecular complexity index is 392. The molecular weight excluding hydrogens is 224 g/mol. The summed E-state index contributed by atoms with van der Waals surface area (Å²) in [6.45, 7) is 9.12. The van der Waals surface area contributed by atoms with Crippen LogP contribution in [0, 0.1) is 16.7 Å². The Morgan fingerprint density at radius 3 is 2.50 bits per heavy atom. The van der Waals surface area contributed by atoms with Gasteiger partial charge >= 0.3 is 5.97 Å². The number of ether oxygens (including phenoxy) is 1. The van der Waals surface area contributed by atoms with Gasteiger partial charge in [0.05, 0.1) is 7.11 Å². The fourth-order valence-corrected chi connectivity index (χ4v) is 3.78. The number of esters is 1. The van der Waals surface area contributed by atoms with Crippen molar-refractivity contribution < 1.29 is 9.53 Å². The molecule has 0 aromatic carbocycles. The van der Waals surface area contributed by atoms with Gasteiger partial charge in [0, 0.05) is 5.57 Å². The lowest BCUT2D eigenvalue weighted by Gasteiger charge is -2.51. The van der Waals surface area contributed by atoms with Crippen molar-refractivity contribution in [3.05, 3.63) is 11.1 Å². The largest absolute Gasteiger partial charge is 0.466 e. The maximum atomic E-state index is 12.1. The van der Waals surface area contributed by atoms with Gasteiger partial charge in [0.2, 0.25) is 0 Å². The Morgan fingerprint density at radius 2 is 1.89 bits per heavy atom. The molecule has 2 aliphatic carbocycles. The van der Waals surface area contributed by atoms with Crippen molar-refractivity contribution in [1.82, 2.24) is 0 Å². The minimum Gasteiger partial charge on any atom is -0.466 e. The number of rotatable bonds is 1. The summed E-state index contributed by atoms with van der Waals surface area (Å²) in [5.41, 5.74) is 2.89. The molecule has 0 aromatic heterocycles. The third-order valence-electron chi connectivity index (χ3n) is 5.26. The molecule has 0 bridgehead atoms. The summed E-state index contributed by atoms with van der Waals surface area (Å²) in [5, 5.41) is 0. The SMILES string of the molecule is COC(=O)C1=C(C)CC[C@@]2(C)CCC(C)(C)C[C@@H]12. The molecule has 0 saturated heterocycles. The van der Waals surface area contributed by atoms with Gasteiger partial charge in [0.25, 0.3) is 0 Å². The summed E-state index contributed by atoms with van der Waals surface area (Å²) in [6, 6.07) is 0. The van der Waals surface area contributed by atoms with E-state index in [0.717, 1.165) is 18.4 Å². The molecule has 0 unspecified atom stereocenters. The first kappa shape index (κ1) is 13.6. The topological polar surface area (TPSA) is 26.3 Å². The Labute approximate surface area is 111 Å². The van der Waals surface area contributed by atoms with Gasteiger partial charge in [-0.1, -0.05) is 26.3 Å². The molecule has 0 amide bonds. The van der Waals surface area contributed by atoms with Crippen LogP contribution in [0.25, 0.3) is 0 Å². The first-order chi connectivity index (χ1) is 8.29. The first-order valence-electron chi connectivity index (χ1n) is 7.07. The van der Waals surface area contributed by atoms with Gasteiger partial charge in [-0.15, -0.1) is 0 Å². The van der Waals surface area contributed by atoms with Crippen molar-refractivity contribution in [2.75, 3.05) is 7.11 Å². The van der Waals surface area contributed by atoms with E-state index >= 15 is 0 Å². The predicted octanol–water partition coefficient (Wildman–Crippen LogP) is 4.10. The third-order valence-corrected chi connectivity index (χ3v) is 5.26. The number of fused-ring (bicyclic) bond motifs is 1. The number of hydrogen-bond acceptors (Lipinski definition) is 2. The highest BCUT2D eigenvalue weighted by Gasteiger charge is 2.48. The van der Waals surface area contributed by atoms with Crippen molar-refractivity contribution in [3.8, 4) is 0 Å². The quantitative estimate of drug-likeness (QED) is 0.655. The lowest BCUT2D eigenvalue weighted by atomic mass is 9.54. The van der Waals surface area contributed by atoms with Crippen LogP contribution in [0.1, 0.15) is 59.8 Å². The highest BCUT2D eigenvalue weighted by molar-refractivity contribution is 5.90. The zero-order valence-electron chi connectivity index (χ0n) is 12.4. The third kappa shape index (κ3) is 2.22. The fourth-order valence-electron chi connectivity index (χ4n) is 3.78. The molecule has 0 heterocycles. The van der Waals surface area contributed by atoms with E-state index in [2.05, 4.69) is 27.7 Å². The molecule has 0 radical (unpaired) electrons. The van der Waals surface area contributed by atoms with E-state index in [1.165, 1.54) is 31.9 Å². The molecule has 0 aromatic rings. The van der Waals surface area contributed by atoms with E-state index in [1.807, 2.05) is 0 Å². The lowest BCUT2D eigenvalue weighted by Crippen LogP contribution is -2.42. The van der Waals surface area contributed by atoms with Crippen LogP contribution >= 0.6 is 0 Å². The molecule has 1 saturated carbocycles. The van der Waals surface area contributed by atoms with Crippen LogP contribution in [0.5, 0.6) is 0 Å². The van der Waals surface area contributed by atoms with E-state index in [9.17, 15) is 4.79 Å². The minimum atomic E-state index is -0.0962. The van der Waals surface area contributed by atoms with Crippen molar-refractivity contribution in [1.29, 1.82) is 0 Å². The highest BCUT2D eigenvalue weighted by atomic mass is 16.5. The molecule has 2 aliphatic rings. The zero-order valence-corrected chi connectivity index (χ0v) is 12.4. The molecule has 1 fully saturated rings. The van der Waals surface area contributed by atoms with E-state index in [0.29, 0.717) is 16.7 Å². The molecule has 102 valence electrons. The molecule has 2 rings (SSSR count). The van der Waals surface area contributed by atoms with E-state index in [4.69, 9.17) is 4.74 Å². The molecule has 0 N–H and O–H groups in total. The van der Waals surface area contributed by atoms with Crippen LogP contribution in [0.2, 0.25) is 0 Å². The van der Waals surface area contributed by atoms with Crippen LogP contribution in [-0.2, 0) is 9.53 Å². The molecule has 0 aliphatic heterocycles. The summed E-state index contributed by atoms with van der Waals surface area (Å²) in [7, 11) is 1.50. The summed E-state index contributed by atoms with van der Waals surface area (Å²) in [6.07, 6.45) is 5.90. The molecule has 2 atom stereocenters. The van der Waals surface area contributed by atoms with Gasteiger partial charge in [0.15, 0.2) is 0 Å². The molecular formula is C16H26O2. The molecule has 2 nitrogen and oxygen atoms in total. The summed E-state index contributed by atoms with van der Waals surface area (Å²) in [4.78, 5) is 12.1. The second-order valence-electron chi connectivity index (χ2n) is 7.26. The maximum absolute atomic E-state index is 12.1. The number of methoxy groups -OCH3 is 1. The summed E-state index contributed by atoms with van der Waals surface area (Å²) < 4.78 is 5.03. The average Bonchev–Trinajstić information content (AvgIpc) is 2.30. The Balaban J connectivity index is 2.40. The molecule has 0 spiro atoms. The minimum absolute atomic E-state index is 0.0962. The second-order valence-corrected chi connectivity index (χ2v) is 7.26. The van der Waals surface area contributed by atoms with Gasteiger partial charge in [-0.05, 0) is 55.8 Å². The van der Waals surface area contributed by atoms with Crippen molar-refractivity contribution in [2.45, 2.75) is 59.8 Å². The van der Waals surface area contributed by atoms with Crippen LogP contribution in [-0.4, -0.2) is 13.1 Å². The molecule has 18 heavy (non-hydrogen) atoms. The van der Waals surface area contributed by atoms with Gasteiger partial charge in [-0.25, -0.2) is 4.79 Å². The van der Waals surface area contributed by atoms with Crippen molar-refractivity contribution in [2.24, 2.45) is 16.7 Å². The number of allylic oxidation sites excluding steroid dienone is 1. The summed E-state index contributed by atoms with van der Waals surface area (Å²) in [5.74, 6) is 0.295. The second kappa shape index (κ2) is 4.40.